The maximum Gasteiger partial charge on any atom is 0.224 e. The first-order valence-corrected chi connectivity index (χ1v) is 6.75. The number of rotatable bonds is 8. The lowest BCUT2D eigenvalue weighted by Gasteiger charge is -2.10. The van der Waals surface area contributed by atoms with Gasteiger partial charge in [-0.2, -0.15) is 0 Å². The maximum absolute atomic E-state index is 11.7. The van der Waals surface area contributed by atoms with E-state index in [-0.39, 0.29) is 18.4 Å². The van der Waals surface area contributed by atoms with Crippen molar-refractivity contribution in [2.45, 2.75) is 26.7 Å². The zero-order valence-electron chi connectivity index (χ0n) is 11.7. The zero-order valence-corrected chi connectivity index (χ0v) is 11.7. The van der Waals surface area contributed by atoms with Gasteiger partial charge in [0.2, 0.25) is 5.91 Å². The smallest absolute Gasteiger partial charge is 0.224 e. The Bertz CT molecular complexity index is 393. The number of aliphatic hydroxyl groups is 1. The lowest BCUT2D eigenvalue weighted by molar-refractivity contribution is -0.120. The van der Waals surface area contributed by atoms with Gasteiger partial charge in [0.25, 0.3) is 0 Å². The average molecular weight is 265 g/mol. The van der Waals surface area contributed by atoms with E-state index in [2.05, 4.69) is 12.2 Å². The number of ether oxygens (including phenoxy) is 1. The van der Waals surface area contributed by atoms with Gasteiger partial charge in [0.05, 0.1) is 13.0 Å². The number of nitrogens with one attached hydrogen (secondary N) is 1. The van der Waals surface area contributed by atoms with Crippen LogP contribution in [0.4, 0.5) is 0 Å². The highest BCUT2D eigenvalue weighted by Crippen LogP contribution is 2.14. The lowest BCUT2D eigenvalue weighted by atomic mass is 10.1. The molecule has 1 unspecified atom stereocenters. The molecule has 0 aliphatic carbocycles. The first-order valence-electron chi connectivity index (χ1n) is 6.75. The van der Waals surface area contributed by atoms with Crippen LogP contribution < -0.4 is 10.1 Å². The van der Waals surface area contributed by atoms with Crippen LogP contribution in [0, 0.1) is 5.92 Å². The van der Waals surface area contributed by atoms with Gasteiger partial charge < -0.3 is 15.2 Å². The number of amides is 1. The highest BCUT2D eigenvalue weighted by atomic mass is 16.5. The Hall–Kier alpha value is -1.55. The summed E-state index contributed by atoms with van der Waals surface area (Å²) in [4.78, 5) is 11.7. The molecule has 0 saturated heterocycles. The van der Waals surface area contributed by atoms with E-state index >= 15 is 0 Å². The van der Waals surface area contributed by atoms with Crippen molar-refractivity contribution in [2.24, 2.45) is 5.92 Å². The highest BCUT2D eigenvalue weighted by Gasteiger charge is 2.06. The molecule has 2 N–H and O–H groups in total. The van der Waals surface area contributed by atoms with Gasteiger partial charge in [0.1, 0.15) is 5.75 Å². The molecule has 1 rings (SSSR count). The third-order valence-corrected chi connectivity index (χ3v) is 2.70. The SMILES string of the molecule is CCCOc1cccc(CC(=O)NCC(C)CO)c1. The molecular formula is C15H23NO3. The number of hydrogen-bond donors (Lipinski definition) is 2. The monoisotopic (exact) mass is 265 g/mol. The first kappa shape index (κ1) is 15.5. The van der Waals surface area contributed by atoms with Crippen LogP contribution in [-0.2, 0) is 11.2 Å². The molecule has 1 amide bonds. The minimum atomic E-state index is -0.0343. The standard InChI is InChI=1S/C15H23NO3/c1-3-7-19-14-6-4-5-13(8-14)9-15(18)16-10-12(2)11-17/h4-6,8,12,17H,3,7,9-11H2,1-2H3,(H,16,18). The zero-order chi connectivity index (χ0) is 14.1. The van der Waals surface area contributed by atoms with E-state index in [1.165, 1.54) is 0 Å². The average Bonchev–Trinajstić information content (AvgIpc) is 2.43. The second-order valence-corrected chi connectivity index (χ2v) is 4.76. The second kappa shape index (κ2) is 8.53. The van der Waals surface area contributed by atoms with Crippen LogP contribution in [0.1, 0.15) is 25.8 Å². The van der Waals surface area contributed by atoms with Gasteiger partial charge in [-0.3, -0.25) is 4.79 Å². The molecule has 4 heteroatoms. The van der Waals surface area contributed by atoms with Crippen molar-refractivity contribution in [3.8, 4) is 5.75 Å². The van der Waals surface area contributed by atoms with E-state index in [1.54, 1.807) is 0 Å². The normalized spacial score (nSPS) is 11.9. The molecule has 1 atom stereocenters. The fraction of sp³-hybridized carbons (Fsp3) is 0.533. The molecule has 0 aromatic heterocycles. The molecule has 0 spiro atoms. The summed E-state index contributed by atoms with van der Waals surface area (Å²) < 4.78 is 5.53. The maximum atomic E-state index is 11.7. The van der Waals surface area contributed by atoms with E-state index in [9.17, 15) is 4.79 Å². The van der Waals surface area contributed by atoms with Crippen LogP contribution in [0.3, 0.4) is 0 Å². The van der Waals surface area contributed by atoms with E-state index in [1.807, 2.05) is 31.2 Å². The van der Waals surface area contributed by atoms with Gasteiger partial charge in [0, 0.05) is 13.2 Å². The second-order valence-electron chi connectivity index (χ2n) is 4.76. The summed E-state index contributed by atoms with van der Waals surface area (Å²) >= 11 is 0. The summed E-state index contributed by atoms with van der Waals surface area (Å²) in [5.74, 6) is 0.854. The summed E-state index contributed by atoms with van der Waals surface area (Å²) in [6.45, 7) is 5.21. The Labute approximate surface area is 114 Å². The fourth-order valence-corrected chi connectivity index (χ4v) is 1.57. The molecule has 19 heavy (non-hydrogen) atoms. The van der Waals surface area contributed by atoms with Crippen molar-refractivity contribution in [2.75, 3.05) is 19.8 Å². The molecular weight excluding hydrogens is 242 g/mol. The topological polar surface area (TPSA) is 58.6 Å². The number of aliphatic hydroxyl groups excluding tert-OH is 1. The Morgan fingerprint density at radius 1 is 1.47 bits per heavy atom. The van der Waals surface area contributed by atoms with Gasteiger partial charge in [-0.15, -0.1) is 0 Å². The molecule has 0 aliphatic rings. The van der Waals surface area contributed by atoms with Crippen LogP contribution in [0.15, 0.2) is 24.3 Å². The number of carbonyl (C=O) groups is 1. The predicted octanol–water partition coefficient (Wildman–Crippen LogP) is 1.76. The molecule has 1 aromatic rings. The molecule has 0 fully saturated rings. The van der Waals surface area contributed by atoms with Crippen LogP contribution >= 0.6 is 0 Å². The first-order chi connectivity index (χ1) is 9.15. The largest absolute Gasteiger partial charge is 0.494 e. The number of benzene rings is 1. The third-order valence-electron chi connectivity index (χ3n) is 2.70. The minimum Gasteiger partial charge on any atom is -0.494 e. The molecule has 1 aromatic carbocycles. The highest BCUT2D eigenvalue weighted by molar-refractivity contribution is 5.78. The number of carbonyl (C=O) groups excluding carboxylic acids is 1. The summed E-state index contributed by atoms with van der Waals surface area (Å²) in [7, 11) is 0. The summed E-state index contributed by atoms with van der Waals surface area (Å²) in [5, 5.41) is 11.7. The Morgan fingerprint density at radius 3 is 2.95 bits per heavy atom. The summed E-state index contributed by atoms with van der Waals surface area (Å²) in [6, 6.07) is 7.59. The molecule has 106 valence electrons. The van der Waals surface area contributed by atoms with Gasteiger partial charge in [-0.25, -0.2) is 0 Å². The van der Waals surface area contributed by atoms with Crippen LogP contribution in [0.2, 0.25) is 0 Å². The van der Waals surface area contributed by atoms with E-state index in [0.29, 0.717) is 19.6 Å². The van der Waals surface area contributed by atoms with Crippen molar-refractivity contribution in [3.05, 3.63) is 29.8 Å². The van der Waals surface area contributed by atoms with Gasteiger partial charge in [-0.05, 0) is 30.0 Å². The minimum absolute atomic E-state index is 0.0343. The van der Waals surface area contributed by atoms with Crippen molar-refractivity contribution >= 4 is 5.91 Å². The molecule has 0 heterocycles. The van der Waals surface area contributed by atoms with Crippen molar-refractivity contribution in [1.29, 1.82) is 0 Å². The molecule has 0 bridgehead atoms. The van der Waals surface area contributed by atoms with Gasteiger partial charge >= 0.3 is 0 Å². The molecule has 4 nitrogen and oxygen atoms in total. The fourth-order valence-electron chi connectivity index (χ4n) is 1.57. The summed E-state index contributed by atoms with van der Waals surface area (Å²) in [5.41, 5.74) is 0.933. The van der Waals surface area contributed by atoms with Crippen molar-refractivity contribution < 1.29 is 14.6 Å². The molecule has 0 radical (unpaired) electrons. The number of hydrogen-bond acceptors (Lipinski definition) is 3. The van der Waals surface area contributed by atoms with E-state index < -0.39 is 0 Å². The van der Waals surface area contributed by atoms with Gasteiger partial charge in [-0.1, -0.05) is 26.0 Å². The van der Waals surface area contributed by atoms with Crippen LogP contribution in [0.5, 0.6) is 5.75 Å². The van der Waals surface area contributed by atoms with Gasteiger partial charge in [0.15, 0.2) is 0 Å². The Kier molecular flexibility index (Phi) is 6.97. The Morgan fingerprint density at radius 2 is 2.26 bits per heavy atom. The summed E-state index contributed by atoms with van der Waals surface area (Å²) in [6.07, 6.45) is 1.30. The van der Waals surface area contributed by atoms with Crippen molar-refractivity contribution in [3.63, 3.8) is 0 Å². The van der Waals surface area contributed by atoms with Crippen LogP contribution in [0.25, 0.3) is 0 Å². The van der Waals surface area contributed by atoms with E-state index in [0.717, 1.165) is 17.7 Å². The lowest BCUT2D eigenvalue weighted by Crippen LogP contribution is -2.30. The molecule has 0 aliphatic heterocycles. The van der Waals surface area contributed by atoms with Crippen LogP contribution in [-0.4, -0.2) is 30.8 Å². The Balaban J connectivity index is 2.45. The quantitative estimate of drug-likeness (QED) is 0.753. The third kappa shape index (κ3) is 6.25. The molecule has 0 saturated carbocycles. The predicted molar refractivity (Wildman–Crippen MR) is 75.2 cm³/mol. The van der Waals surface area contributed by atoms with E-state index in [4.69, 9.17) is 9.84 Å². The van der Waals surface area contributed by atoms with Crippen molar-refractivity contribution in [1.82, 2.24) is 5.32 Å².